The summed E-state index contributed by atoms with van der Waals surface area (Å²) in [6.07, 6.45) is 0.967. The minimum absolute atomic E-state index is 0.0145. The third-order valence-electron chi connectivity index (χ3n) is 3.65. The summed E-state index contributed by atoms with van der Waals surface area (Å²) in [6, 6.07) is 3.64. The number of halogens is 3. The van der Waals surface area contributed by atoms with E-state index in [9.17, 15) is 13.2 Å². The molecule has 1 atom stereocenters. The van der Waals surface area contributed by atoms with Crippen LogP contribution < -0.4 is 4.74 Å². The van der Waals surface area contributed by atoms with Crippen LogP contribution in [0.1, 0.15) is 6.42 Å². The molecule has 3 rings (SSSR count). The molecule has 6 nitrogen and oxygen atoms in total. The Kier molecular flexibility index (Phi) is 4.86. The molecular formula is C14H16F3N5OS. The lowest BCUT2D eigenvalue weighted by Gasteiger charge is -2.16. The molecule has 0 N–H and O–H groups in total. The van der Waals surface area contributed by atoms with Crippen molar-refractivity contribution in [3.63, 3.8) is 0 Å². The number of rotatable bonds is 5. The second-order valence-corrected chi connectivity index (χ2v) is 5.96. The van der Waals surface area contributed by atoms with Gasteiger partial charge in [-0.1, -0.05) is 0 Å². The Labute approximate surface area is 141 Å². The first kappa shape index (κ1) is 16.9. The molecular weight excluding hydrogens is 343 g/mol. The summed E-state index contributed by atoms with van der Waals surface area (Å²) in [5.41, 5.74) is 0. The third kappa shape index (κ3) is 4.32. The van der Waals surface area contributed by atoms with Crippen LogP contribution in [0, 0.1) is 4.77 Å². The molecule has 130 valence electrons. The van der Waals surface area contributed by atoms with Crippen molar-refractivity contribution in [1.29, 1.82) is 0 Å². The average Bonchev–Trinajstić information content (AvgIpc) is 3.09. The van der Waals surface area contributed by atoms with E-state index in [1.165, 1.54) is 4.68 Å². The SMILES string of the molecule is FC(F)(F)Cn1cnn(CN2CC[C@@H](Oc3cccnc3)C2)c1=S. The molecule has 0 spiro atoms. The molecule has 0 aliphatic carbocycles. The molecule has 0 aromatic carbocycles. The number of aromatic nitrogens is 4. The summed E-state index contributed by atoms with van der Waals surface area (Å²) in [6.45, 7) is 0.636. The molecule has 2 aromatic heterocycles. The maximum Gasteiger partial charge on any atom is 0.406 e. The molecule has 3 heterocycles. The van der Waals surface area contributed by atoms with Gasteiger partial charge in [-0.3, -0.25) is 14.5 Å². The van der Waals surface area contributed by atoms with Crippen LogP contribution in [0.3, 0.4) is 0 Å². The van der Waals surface area contributed by atoms with Gasteiger partial charge in [-0.2, -0.15) is 18.3 Å². The summed E-state index contributed by atoms with van der Waals surface area (Å²) in [4.78, 5) is 6.04. The van der Waals surface area contributed by atoms with Crippen molar-refractivity contribution in [1.82, 2.24) is 24.2 Å². The fourth-order valence-electron chi connectivity index (χ4n) is 2.59. The number of hydrogen-bond donors (Lipinski definition) is 0. The van der Waals surface area contributed by atoms with Gasteiger partial charge in [0.25, 0.3) is 0 Å². The van der Waals surface area contributed by atoms with Crippen LogP contribution in [-0.2, 0) is 13.2 Å². The first-order valence-corrected chi connectivity index (χ1v) is 7.79. The van der Waals surface area contributed by atoms with Crippen LogP contribution in [0.25, 0.3) is 0 Å². The molecule has 0 saturated carbocycles. The van der Waals surface area contributed by atoms with E-state index in [0.29, 0.717) is 19.0 Å². The molecule has 0 bridgehead atoms. The summed E-state index contributed by atoms with van der Waals surface area (Å²) in [7, 11) is 0. The predicted octanol–water partition coefficient (Wildman–Crippen LogP) is 2.48. The quantitative estimate of drug-likeness (QED) is 0.768. The van der Waals surface area contributed by atoms with Crippen LogP contribution in [0.2, 0.25) is 0 Å². The fraction of sp³-hybridized carbons (Fsp3) is 0.500. The zero-order chi connectivity index (χ0) is 17.2. The Bertz CT molecular complexity index is 730. The van der Waals surface area contributed by atoms with Gasteiger partial charge in [0, 0.05) is 19.3 Å². The molecule has 24 heavy (non-hydrogen) atoms. The van der Waals surface area contributed by atoms with Crippen LogP contribution in [0.5, 0.6) is 5.75 Å². The third-order valence-corrected chi connectivity index (χ3v) is 4.09. The van der Waals surface area contributed by atoms with E-state index in [1.54, 1.807) is 18.5 Å². The highest BCUT2D eigenvalue weighted by Crippen LogP contribution is 2.19. The van der Waals surface area contributed by atoms with Crippen LogP contribution in [-0.4, -0.2) is 49.6 Å². The summed E-state index contributed by atoms with van der Waals surface area (Å²) in [5, 5.41) is 3.96. The highest BCUT2D eigenvalue weighted by Gasteiger charge is 2.29. The number of alkyl halides is 3. The summed E-state index contributed by atoms with van der Waals surface area (Å²) >= 11 is 5.06. The van der Waals surface area contributed by atoms with Crippen molar-refractivity contribution in [2.24, 2.45) is 0 Å². The predicted molar refractivity (Wildman–Crippen MR) is 81.9 cm³/mol. The molecule has 1 aliphatic rings. The highest BCUT2D eigenvalue weighted by molar-refractivity contribution is 7.71. The lowest BCUT2D eigenvalue weighted by atomic mass is 10.3. The topological polar surface area (TPSA) is 48.1 Å². The van der Waals surface area contributed by atoms with E-state index in [0.717, 1.165) is 23.9 Å². The molecule has 1 fully saturated rings. The monoisotopic (exact) mass is 359 g/mol. The van der Waals surface area contributed by atoms with E-state index in [2.05, 4.69) is 10.1 Å². The second kappa shape index (κ2) is 6.89. The Morgan fingerprint density at radius 2 is 2.21 bits per heavy atom. The lowest BCUT2D eigenvalue weighted by molar-refractivity contribution is -0.141. The zero-order valence-electron chi connectivity index (χ0n) is 12.7. The Morgan fingerprint density at radius 3 is 2.92 bits per heavy atom. The highest BCUT2D eigenvalue weighted by atomic mass is 32.1. The van der Waals surface area contributed by atoms with Gasteiger partial charge in [-0.15, -0.1) is 0 Å². The van der Waals surface area contributed by atoms with E-state index in [1.807, 2.05) is 11.0 Å². The average molecular weight is 359 g/mol. The van der Waals surface area contributed by atoms with Gasteiger partial charge in [-0.25, -0.2) is 4.68 Å². The van der Waals surface area contributed by atoms with Crippen molar-refractivity contribution < 1.29 is 17.9 Å². The van der Waals surface area contributed by atoms with Crippen LogP contribution >= 0.6 is 12.2 Å². The van der Waals surface area contributed by atoms with Crippen LogP contribution in [0.15, 0.2) is 30.9 Å². The van der Waals surface area contributed by atoms with Gasteiger partial charge < -0.3 is 4.74 Å². The molecule has 0 radical (unpaired) electrons. The van der Waals surface area contributed by atoms with Gasteiger partial charge in [-0.05, 0) is 30.8 Å². The number of ether oxygens (including phenoxy) is 1. The summed E-state index contributed by atoms with van der Waals surface area (Å²) in [5.74, 6) is 0.704. The molecule has 2 aromatic rings. The first-order valence-electron chi connectivity index (χ1n) is 7.39. The number of nitrogens with zero attached hydrogens (tertiary/aromatic N) is 5. The first-order chi connectivity index (χ1) is 11.4. The fourth-order valence-corrected chi connectivity index (χ4v) is 2.81. The summed E-state index contributed by atoms with van der Waals surface area (Å²) < 4.78 is 45.6. The van der Waals surface area contributed by atoms with E-state index in [4.69, 9.17) is 17.0 Å². The lowest BCUT2D eigenvalue weighted by Crippen LogP contribution is -2.28. The minimum atomic E-state index is -4.32. The van der Waals surface area contributed by atoms with E-state index < -0.39 is 12.7 Å². The molecule has 0 amide bonds. The van der Waals surface area contributed by atoms with Crippen molar-refractivity contribution in [2.45, 2.75) is 31.9 Å². The van der Waals surface area contributed by atoms with Gasteiger partial charge >= 0.3 is 6.18 Å². The van der Waals surface area contributed by atoms with E-state index in [-0.39, 0.29) is 10.9 Å². The number of pyridine rings is 1. The van der Waals surface area contributed by atoms with E-state index >= 15 is 0 Å². The largest absolute Gasteiger partial charge is 0.487 e. The Morgan fingerprint density at radius 1 is 1.38 bits per heavy atom. The normalized spacial score (nSPS) is 18.9. The standard InChI is InChI=1S/C14H16F3N5OS/c15-14(16,17)8-21-9-19-22(13(21)24)10-20-5-3-12(7-20)23-11-2-1-4-18-6-11/h1-2,4,6,9,12H,3,5,7-8,10H2/t12-/m1/s1. The van der Waals surface area contributed by atoms with Gasteiger partial charge in [0.05, 0.1) is 12.9 Å². The molecule has 1 saturated heterocycles. The zero-order valence-corrected chi connectivity index (χ0v) is 13.5. The van der Waals surface area contributed by atoms with Crippen molar-refractivity contribution in [2.75, 3.05) is 13.1 Å². The Hall–Kier alpha value is -1.94. The molecule has 0 unspecified atom stereocenters. The van der Waals surface area contributed by atoms with Crippen LogP contribution in [0.4, 0.5) is 13.2 Å². The minimum Gasteiger partial charge on any atom is -0.487 e. The van der Waals surface area contributed by atoms with Gasteiger partial charge in [0.15, 0.2) is 4.77 Å². The number of likely N-dealkylation sites (tertiary alicyclic amines) is 1. The number of hydrogen-bond acceptors (Lipinski definition) is 5. The van der Waals surface area contributed by atoms with Gasteiger partial charge in [0.2, 0.25) is 0 Å². The maximum atomic E-state index is 12.5. The maximum absolute atomic E-state index is 12.5. The molecule has 10 heteroatoms. The molecule has 1 aliphatic heterocycles. The van der Waals surface area contributed by atoms with Crippen molar-refractivity contribution in [3.05, 3.63) is 35.6 Å². The smallest absolute Gasteiger partial charge is 0.406 e. The van der Waals surface area contributed by atoms with Crippen molar-refractivity contribution >= 4 is 12.2 Å². The van der Waals surface area contributed by atoms with Gasteiger partial charge in [0.1, 0.15) is 24.7 Å². The Balaban J connectivity index is 1.57. The second-order valence-electron chi connectivity index (χ2n) is 5.59. The van der Waals surface area contributed by atoms with Crippen molar-refractivity contribution in [3.8, 4) is 5.75 Å².